The average molecular weight is 262 g/mol. The molecule has 83 valence electrons. The normalized spacial score (nSPS) is 9.88. The van der Waals surface area contributed by atoms with E-state index in [1.165, 1.54) is 0 Å². The van der Waals surface area contributed by atoms with E-state index in [9.17, 15) is 0 Å². The molecule has 0 aromatic carbocycles. The van der Waals surface area contributed by atoms with Gasteiger partial charge in [0, 0.05) is 49.2 Å². The van der Waals surface area contributed by atoms with Crippen molar-refractivity contribution >= 4 is 0 Å². The minimum absolute atomic E-state index is 0. The molecule has 1 radical (unpaired) electrons. The van der Waals surface area contributed by atoms with Crippen molar-refractivity contribution < 1.29 is 18.6 Å². The van der Waals surface area contributed by atoms with Gasteiger partial charge in [-0.25, -0.2) is 9.97 Å². The zero-order valence-electron chi connectivity index (χ0n) is 8.67. The first-order chi connectivity index (χ1) is 7.93. The number of nitrogens with zero attached hydrogens (tertiary/aromatic N) is 6. The first-order valence-corrected chi connectivity index (χ1v) is 4.65. The van der Waals surface area contributed by atoms with Gasteiger partial charge < -0.3 is 19.1 Å². The molecule has 0 aliphatic heterocycles. The van der Waals surface area contributed by atoms with Gasteiger partial charge in [-0.2, -0.15) is 0 Å². The fourth-order valence-corrected chi connectivity index (χ4v) is 1.33. The quantitative estimate of drug-likeness (QED) is 0.636. The molecule has 0 aliphatic rings. The van der Waals surface area contributed by atoms with E-state index in [1.807, 2.05) is 6.20 Å². The van der Waals surface area contributed by atoms with Crippen molar-refractivity contribution in [3.05, 3.63) is 49.7 Å². The van der Waals surface area contributed by atoms with Gasteiger partial charge in [-0.1, -0.05) is 6.20 Å². The Labute approximate surface area is 109 Å². The van der Waals surface area contributed by atoms with Crippen LogP contribution in [-0.4, -0.2) is 29.1 Å². The van der Waals surface area contributed by atoms with Gasteiger partial charge in [-0.05, 0) is 0 Å². The summed E-state index contributed by atoms with van der Waals surface area (Å²) in [5, 5.41) is 0. The molecule has 17 heavy (non-hydrogen) atoms. The Morgan fingerprint density at radius 3 is 2.35 bits per heavy atom. The van der Waals surface area contributed by atoms with Crippen LogP contribution in [-0.2, 0) is 18.6 Å². The summed E-state index contributed by atoms with van der Waals surface area (Å²) in [6.07, 6.45) is 13.1. The van der Waals surface area contributed by atoms with Crippen molar-refractivity contribution in [1.82, 2.24) is 29.1 Å². The van der Waals surface area contributed by atoms with Crippen LogP contribution in [0.15, 0.2) is 43.5 Å². The van der Waals surface area contributed by atoms with Crippen LogP contribution in [0.3, 0.4) is 0 Å². The average Bonchev–Trinajstić information content (AvgIpc) is 3.03. The van der Waals surface area contributed by atoms with E-state index >= 15 is 0 Å². The fourth-order valence-electron chi connectivity index (χ4n) is 1.33. The predicted octanol–water partition coefficient (Wildman–Crippen LogP) is 0.646. The Kier molecular flexibility index (Phi) is 3.36. The van der Waals surface area contributed by atoms with Gasteiger partial charge in [-0.15, -0.1) is 6.07 Å². The van der Waals surface area contributed by atoms with E-state index < -0.39 is 0 Å². The van der Waals surface area contributed by atoms with E-state index in [-0.39, 0.29) is 18.6 Å². The third-order valence-electron chi connectivity index (χ3n) is 2.08. The number of hydrogen-bond donors (Lipinski definition) is 0. The summed E-state index contributed by atoms with van der Waals surface area (Å²) < 4.78 is 3.51. The van der Waals surface area contributed by atoms with Crippen LogP contribution in [0, 0.1) is 6.20 Å². The molecule has 0 atom stereocenters. The minimum atomic E-state index is 0. The molecule has 3 aromatic heterocycles. The van der Waals surface area contributed by atoms with E-state index in [0.717, 1.165) is 5.82 Å². The molecule has 3 aromatic rings. The second kappa shape index (κ2) is 4.94. The topological polar surface area (TPSA) is 61.4 Å². The predicted molar refractivity (Wildman–Crippen MR) is 55.1 cm³/mol. The van der Waals surface area contributed by atoms with E-state index in [0.29, 0.717) is 5.95 Å². The van der Waals surface area contributed by atoms with Crippen LogP contribution < -0.4 is 0 Å². The number of aromatic nitrogens is 6. The molecule has 0 N–H and O–H groups in total. The molecular formula is C10H7N6V-. The van der Waals surface area contributed by atoms with Gasteiger partial charge in [0.2, 0.25) is 0 Å². The Balaban J connectivity index is 0.00000108. The Bertz CT molecular complexity index is 525. The molecular weight excluding hydrogens is 255 g/mol. The van der Waals surface area contributed by atoms with Crippen LogP contribution >= 0.6 is 0 Å². The smallest absolute Gasteiger partial charge is 0.120 e. The molecule has 0 unspecified atom stereocenters. The maximum absolute atomic E-state index is 4.36. The van der Waals surface area contributed by atoms with Crippen LogP contribution in [0.4, 0.5) is 0 Å². The van der Waals surface area contributed by atoms with Crippen molar-refractivity contribution in [3.8, 4) is 11.8 Å². The minimum Gasteiger partial charge on any atom is -0.354 e. The summed E-state index contributed by atoms with van der Waals surface area (Å²) in [5.41, 5.74) is 0. The summed E-state index contributed by atoms with van der Waals surface area (Å²) in [6.45, 7) is 0. The zero-order valence-corrected chi connectivity index (χ0v) is 10.1. The second-order valence-corrected chi connectivity index (χ2v) is 3.10. The van der Waals surface area contributed by atoms with E-state index in [2.05, 4.69) is 26.1 Å². The second-order valence-electron chi connectivity index (χ2n) is 3.10. The molecule has 6 nitrogen and oxygen atoms in total. The molecule has 3 heterocycles. The third kappa shape index (κ3) is 2.27. The largest absolute Gasteiger partial charge is 0.354 e. The molecule has 0 saturated carbocycles. The maximum atomic E-state index is 4.36. The molecule has 7 heteroatoms. The Morgan fingerprint density at radius 1 is 1.00 bits per heavy atom. The van der Waals surface area contributed by atoms with Gasteiger partial charge in [0.05, 0.1) is 12.7 Å². The molecule has 0 spiro atoms. The SMILES string of the molecule is [V].[c-]1cc(-n2ccnc2)nc(-n2ccnc2)n1. The van der Waals surface area contributed by atoms with E-state index in [4.69, 9.17) is 0 Å². The summed E-state index contributed by atoms with van der Waals surface area (Å²) in [5.74, 6) is 1.25. The van der Waals surface area contributed by atoms with Gasteiger partial charge in [0.15, 0.2) is 0 Å². The van der Waals surface area contributed by atoms with Gasteiger partial charge >= 0.3 is 0 Å². The number of imidazole rings is 2. The summed E-state index contributed by atoms with van der Waals surface area (Å²) >= 11 is 0. The summed E-state index contributed by atoms with van der Waals surface area (Å²) in [6, 6.07) is 1.70. The van der Waals surface area contributed by atoms with Crippen molar-refractivity contribution in [2.75, 3.05) is 0 Å². The first-order valence-electron chi connectivity index (χ1n) is 4.65. The van der Waals surface area contributed by atoms with Gasteiger partial charge in [0.25, 0.3) is 0 Å². The van der Waals surface area contributed by atoms with E-state index in [1.54, 1.807) is 46.4 Å². The van der Waals surface area contributed by atoms with Crippen molar-refractivity contribution in [2.24, 2.45) is 0 Å². The van der Waals surface area contributed by atoms with Crippen molar-refractivity contribution in [2.45, 2.75) is 0 Å². The standard InChI is InChI=1S/C10H7N6.V/c1-2-13-10(16-6-4-12-8-16)14-9(1)15-5-3-11-7-15;/h1,3-8H;/q-1;. The molecule has 0 saturated heterocycles. The van der Waals surface area contributed by atoms with Gasteiger partial charge in [0.1, 0.15) is 5.95 Å². The first kappa shape index (κ1) is 11.6. The fraction of sp³-hybridized carbons (Fsp3) is 0. The third-order valence-corrected chi connectivity index (χ3v) is 2.08. The van der Waals surface area contributed by atoms with Crippen molar-refractivity contribution in [1.29, 1.82) is 0 Å². The Hall–Kier alpha value is -1.92. The van der Waals surface area contributed by atoms with Crippen molar-refractivity contribution in [3.63, 3.8) is 0 Å². The number of rotatable bonds is 2. The van der Waals surface area contributed by atoms with Crippen LogP contribution in [0.1, 0.15) is 0 Å². The van der Waals surface area contributed by atoms with Crippen LogP contribution in [0.5, 0.6) is 0 Å². The monoisotopic (exact) mass is 262 g/mol. The molecule has 0 amide bonds. The Morgan fingerprint density at radius 2 is 1.71 bits per heavy atom. The maximum Gasteiger partial charge on any atom is 0.120 e. The molecule has 0 fully saturated rings. The summed E-state index contributed by atoms with van der Waals surface area (Å²) in [7, 11) is 0. The molecule has 0 aliphatic carbocycles. The van der Waals surface area contributed by atoms with Crippen LogP contribution in [0.2, 0.25) is 0 Å². The van der Waals surface area contributed by atoms with Gasteiger partial charge in [-0.3, -0.25) is 0 Å². The summed E-state index contributed by atoms with van der Waals surface area (Å²) in [4.78, 5) is 16.3. The zero-order chi connectivity index (χ0) is 10.8. The van der Waals surface area contributed by atoms with Crippen LogP contribution in [0.25, 0.3) is 11.8 Å². The molecule has 3 rings (SSSR count). The molecule has 0 bridgehead atoms. The number of hydrogen-bond acceptors (Lipinski definition) is 4.